The van der Waals surface area contributed by atoms with E-state index >= 15 is 0 Å². The Bertz CT molecular complexity index is 794. The largest absolute Gasteiger partial charge is 0.490 e. The van der Waals surface area contributed by atoms with Crippen LogP contribution in [0, 0.1) is 16.6 Å². The molecule has 0 saturated carbocycles. The average Bonchev–Trinajstić information content (AvgIpc) is 2.90. The van der Waals surface area contributed by atoms with Crippen molar-refractivity contribution < 1.29 is 33.2 Å². The fourth-order valence-corrected chi connectivity index (χ4v) is 3.46. The second-order valence-electron chi connectivity index (χ2n) is 9.01. The lowest BCUT2D eigenvalue weighted by Crippen LogP contribution is -2.33. The molecule has 38 heavy (non-hydrogen) atoms. The summed E-state index contributed by atoms with van der Waals surface area (Å²) in [5.74, 6) is 0.740. The van der Waals surface area contributed by atoms with Gasteiger partial charge in [-0.25, -0.2) is 0 Å². The molecular formula is C27H45N3O7S. The molecule has 216 valence electrons. The van der Waals surface area contributed by atoms with E-state index in [9.17, 15) is 10.1 Å². The number of nitriles is 1. The predicted molar refractivity (Wildman–Crippen MR) is 148 cm³/mol. The molecule has 11 heteroatoms. The highest BCUT2D eigenvalue weighted by Gasteiger charge is 2.28. The van der Waals surface area contributed by atoms with Crippen molar-refractivity contribution in [1.82, 2.24) is 10.6 Å². The third-order valence-electron chi connectivity index (χ3n) is 4.94. The highest BCUT2D eigenvalue weighted by molar-refractivity contribution is 8.04. The third-order valence-corrected chi connectivity index (χ3v) is 5.70. The molecule has 1 atom stereocenters. The van der Waals surface area contributed by atoms with E-state index in [-0.39, 0.29) is 12.5 Å². The van der Waals surface area contributed by atoms with Crippen LogP contribution in [-0.2, 0) is 23.7 Å². The first-order valence-corrected chi connectivity index (χ1v) is 13.9. The molecule has 1 rings (SSSR count). The van der Waals surface area contributed by atoms with Crippen molar-refractivity contribution >= 4 is 17.7 Å². The number of hydrogen-bond donors (Lipinski definition) is 2. The van der Waals surface area contributed by atoms with Gasteiger partial charge < -0.3 is 39.1 Å². The number of nitrogens with one attached hydrogen (secondary N) is 2. The van der Waals surface area contributed by atoms with Crippen molar-refractivity contribution in [3.05, 3.63) is 29.8 Å². The van der Waals surface area contributed by atoms with Crippen LogP contribution in [0.15, 0.2) is 24.3 Å². The molecule has 1 aromatic rings. The van der Waals surface area contributed by atoms with Gasteiger partial charge in [-0.15, -0.1) is 0 Å². The Hall–Kier alpha value is -1.91. The predicted octanol–water partition coefficient (Wildman–Crippen LogP) is 3.07. The number of amides is 1. The number of carbonyl (C=O) groups excluding carboxylic acids is 1. The van der Waals surface area contributed by atoms with Crippen LogP contribution in [0.4, 0.5) is 0 Å². The number of rotatable bonds is 24. The monoisotopic (exact) mass is 555 g/mol. The maximum atomic E-state index is 12.5. The number of ether oxygens (including phenoxy) is 6. The van der Waals surface area contributed by atoms with Gasteiger partial charge in [0.2, 0.25) is 0 Å². The van der Waals surface area contributed by atoms with Crippen molar-refractivity contribution in [3.63, 3.8) is 0 Å². The molecule has 0 aliphatic heterocycles. The summed E-state index contributed by atoms with van der Waals surface area (Å²) in [6.07, 6.45) is 0.980. The number of hydrogen-bond acceptors (Lipinski definition) is 10. The molecule has 1 unspecified atom stereocenters. The van der Waals surface area contributed by atoms with Crippen molar-refractivity contribution in [2.45, 2.75) is 32.1 Å². The standard InChI is InChI=1S/C27H45N3O7S/c1-23(2)20-35-17-18-37-27(3,38-22-28)21-36-25-8-5-7-24(19-25)26(31)30-10-12-33-14-16-34-15-13-32-11-6-9-29-4/h5,7-8,19,23,29H,6,9-18,20-21H2,1-4H3,(H,30,31). The van der Waals surface area contributed by atoms with Gasteiger partial charge in [0.15, 0.2) is 4.93 Å². The minimum Gasteiger partial charge on any atom is -0.490 e. The Morgan fingerprint density at radius 3 is 2.37 bits per heavy atom. The van der Waals surface area contributed by atoms with Gasteiger partial charge in [0.25, 0.3) is 5.91 Å². The first-order chi connectivity index (χ1) is 18.4. The number of thioether (sulfide) groups is 1. The zero-order chi connectivity index (χ0) is 27.9. The summed E-state index contributed by atoms with van der Waals surface area (Å²) in [4.78, 5) is 11.6. The minimum absolute atomic E-state index is 0.138. The SMILES string of the molecule is CNCCCOCCOCCOCCNC(=O)c1cccc(OCC(C)(OCCOCC(C)C)SC#N)c1. The highest BCUT2D eigenvalue weighted by Crippen LogP contribution is 2.27. The molecule has 10 nitrogen and oxygen atoms in total. The molecule has 0 saturated heterocycles. The van der Waals surface area contributed by atoms with E-state index in [2.05, 4.69) is 29.9 Å². The summed E-state index contributed by atoms with van der Waals surface area (Å²) < 4.78 is 33.7. The fraction of sp³-hybridized carbons (Fsp3) is 0.704. The maximum Gasteiger partial charge on any atom is 0.251 e. The van der Waals surface area contributed by atoms with Crippen LogP contribution in [0.3, 0.4) is 0 Å². The smallest absolute Gasteiger partial charge is 0.251 e. The molecule has 0 fully saturated rings. The molecule has 0 heterocycles. The molecule has 0 aromatic heterocycles. The number of thiocyanates is 1. The van der Waals surface area contributed by atoms with E-state index in [4.69, 9.17) is 28.4 Å². The number of carbonyl (C=O) groups is 1. The summed E-state index contributed by atoms with van der Waals surface area (Å²) in [7, 11) is 1.92. The molecule has 2 N–H and O–H groups in total. The third kappa shape index (κ3) is 17.6. The van der Waals surface area contributed by atoms with Crippen LogP contribution in [0.2, 0.25) is 0 Å². The second kappa shape index (κ2) is 22.0. The van der Waals surface area contributed by atoms with E-state index in [0.29, 0.717) is 76.6 Å². The van der Waals surface area contributed by atoms with E-state index in [0.717, 1.165) is 31.3 Å². The lowest BCUT2D eigenvalue weighted by atomic mass is 10.2. The van der Waals surface area contributed by atoms with Crippen LogP contribution in [0.1, 0.15) is 37.6 Å². The van der Waals surface area contributed by atoms with Gasteiger partial charge in [0.05, 0.1) is 46.2 Å². The molecule has 0 spiro atoms. The molecule has 0 bridgehead atoms. The van der Waals surface area contributed by atoms with Crippen molar-refractivity contribution in [1.29, 1.82) is 5.26 Å². The van der Waals surface area contributed by atoms with Gasteiger partial charge in [-0.1, -0.05) is 19.9 Å². The Kier molecular flexibility index (Phi) is 19.7. The topological polar surface area (TPSA) is 120 Å². The van der Waals surface area contributed by atoms with Gasteiger partial charge in [-0.2, -0.15) is 5.26 Å². The lowest BCUT2D eigenvalue weighted by Gasteiger charge is -2.26. The minimum atomic E-state index is -0.866. The summed E-state index contributed by atoms with van der Waals surface area (Å²) in [6, 6.07) is 6.88. The summed E-state index contributed by atoms with van der Waals surface area (Å²) in [6.45, 7) is 12.0. The Morgan fingerprint density at radius 2 is 1.68 bits per heavy atom. The zero-order valence-electron chi connectivity index (χ0n) is 23.3. The first-order valence-electron chi connectivity index (χ1n) is 13.1. The normalized spacial score (nSPS) is 12.7. The summed E-state index contributed by atoms with van der Waals surface area (Å²) >= 11 is 0.991. The van der Waals surface area contributed by atoms with Gasteiger partial charge >= 0.3 is 0 Å². The second-order valence-corrected chi connectivity index (χ2v) is 10.3. The molecule has 1 amide bonds. The van der Waals surface area contributed by atoms with E-state index in [1.165, 1.54) is 0 Å². The first kappa shape index (κ1) is 34.1. The van der Waals surface area contributed by atoms with Gasteiger partial charge in [0.1, 0.15) is 17.8 Å². The Balaban J connectivity index is 2.26. The number of nitrogens with zero attached hydrogens (tertiary/aromatic N) is 1. The van der Waals surface area contributed by atoms with Gasteiger partial charge in [0, 0.05) is 25.3 Å². The molecule has 0 radical (unpaired) electrons. The fourth-order valence-electron chi connectivity index (χ4n) is 3.01. The van der Waals surface area contributed by atoms with E-state index < -0.39 is 4.93 Å². The molecule has 1 aromatic carbocycles. The van der Waals surface area contributed by atoms with Gasteiger partial charge in [-0.05, 0) is 62.8 Å². The molecule has 0 aliphatic rings. The Labute approximate surface area is 232 Å². The van der Waals surface area contributed by atoms with Crippen LogP contribution in [0.5, 0.6) is 5.75 Å². The Morgan fingerprint density at radius 1 is 1.00 bits per heavy atom. The van der Waals surface area contributed by atoms with Crippen LogP contribution >= 0.6 is 11.8 Å². The van der Waals surface area contributed by atoms with Crippen molar-refractivity contribution in [2.75, 3.05) is 86.2 Å². The number of benzene rings is 1. The van der Waals surface area contributed by atoms with E-state index in [1.807, 2.05) is 7.05 Å². The molecule has 0 aliphatic carbocycles. The summed E-state index contributed by atoms with van der Waals surface area (Å²) in [5.41, 5.74) is 0.471. The quantitative estimate of drug-likeness (QED) is 0.112. The van der Waals surface area contributed by atoms with Crippen LogP contribution in [0.25, 0.3) is 0 Å². The highest BCUT2D eigenvalue weighted by atomic mass is 32.2. The average molecular weight is 556 g/mol. The van der Waals surface area contributed by atoms with Crippen LogP contribution < -0.4 is 15.4 Å². The van der Waals surface area contributed by atoms with Gasteiger partial charge in [-0.3, -0.25) is 4.79 Å². The lowest BCUT2D eigenvalue weighted by molar-refractivity contribution is -0.0278. The van der Waals surface area contributed by atoms with Crippen molar-refractivity contribution in [3.8, 4) is 11.2 Å². The van der Waals surface area contributed by atoms with E-state index in [1.54, 1.807) is 31.2 Å². The summed E-state index contributed by atoms with van der Waals surface area (Å²) in [5, 5.41) is 17.2. The zero-order valence-corrected chi connectivity index (χ0v) is 24.1. The maximum absolute atomic E-state index is 12.5. The molecular weight excluding hydrogens is 510 g/mol. The van der Waals surface area contributed by atoms with Crippen molar-refractivity contribution in [2.24, 2.45) is 5.92 Å². The van der Waals surface area contributed by atoms with Crippen LogP contribution in [-0.4, -0.2) is 97.0 Å².